The van der Waals surface area contributed by atoms with Gasteiger partial charge in [-0.05, 0) is 5.41 Å². The van der Waals surface area contributed by atoms with Crippen LogP contribution in [0.4, 0.5) is 0 Å². The molecule has 1 N–H and O–H groups in total. The van der Waals surface area contributed by atoms with Crippen molar-refractivity contribution in [3.63, 3.8) is 0 Å². The molecule has 1 amide bonds. The normalized spacial score (nSPS) is 12.4. The van der Waals surface area contributed by atoms with Gasteiger partial charge < -0.3 is 10.1 Å². The monoisotopic (exact) mass is 277 g/mol. The topological polar surface area (TPSA) is 72.5 Å². The molecule has 0 heterocycles. The number of carbonyl (C=O) groups is 3. The van der Waals surface area contributed by atoms with Gasteiger partial charge in [0.25, 0.3) is 5.91 Å². The molecule has 1 aromatic carbocycles. The van der Waals surface area contributed by atoms with Crippen molar-refractivity contribution in [3.05, 3.63) is 35.9 Å². The maximum atomic E-state index is 12.0. The van der Waals surface area contributed by atoms with Crippen LogP contribution in [0.2, 0.25) is 0 Å². The van der Waals surface area contributed by atoms with Crippen molar-refractivity contribution in [2.45, 2.75) is 26.8 Å². The molecule has 5 nitrogen and oxygen atoms in total. The molecule has 1 rings (SSSR count). The Morgan fingerprint density at radius 1 is 1.10 bits per heavy atom. The second kappa shape index (κ2) is 6.32. The highest BCUT2D eigenvalue weighted by molar-refractivity contribution is 6.43. The number of nitrogens with one attached hydrogen (secondary N) is 1. The summed E-state index contributed by atoms with van der Waals surface area (Å²) >= 11 is 0. The molecule has 5 heteroatoms. The summed E-state index contributed by atoms with van der Waals surface area (Å²) in [5.74, 6) is -2.07. The summed E-state index contributed by atoms with van der Waals surface area (Å²) in [5.41, 5.74) is -0.276. The van der Waals surface area contributed by atoms with E-state index in [2.05, 4.69) is 10.1 Å². The maximum Gasteiger partial charge on any atom is 0.328 e. The number of hydrogen-bond acceptors (Lipinski definition) is 4. The number of methoxy groups -OCH3 is 1. The molecule has 0 aromatic heterocycles. The van der Waals surface area contributed by atoms with E-state index >= 15 is 0 Å². The van der Waals surface area contributed by atoms with E-state index in [0.717, 1.165) is 0 Å². The third-order valence-corrected chi connectivity index (χ3v) is 2.82. The average Bonchev–Trinajstić information content (AvgIpc) is 2.42. The molecule has 0 fully saturated rings. The predicted molar refractivity (Wildman–Crippen MR) is 74.2 cm³/mol. The number of ether oxygens (including phenoxy) is 1. The van der Waals surface area contributed by atoms with Crippen molar-refractivity contribution in [2.24, 2.45) is 5.41 Å². The summed E-state index contributed by atoms with van der Waals surface area (Å²) < 4.78 is 4.66. The number of ketones is 1. The summed E-state index contributed by atoms with van der Waals surface area (Å²) in [7, 11) is 1.24. The highest BCUT2D eigenvalue weighted by Gasteiger charge is 2.35. The lowest BCUT2D eigenvalue weighted by Gasteiger charge is -2.28. The predicted octanol–water partition coefficient (Wildman–Crippen LogP) is 1.57. The number of carbonyl (C=O) groups excluding carboxylic acids is 3. The molecule has 108 valence electrons. The molecule has 0 bridgehead atoms. The van der Waals surface area contributed by atoms with Crippen LogP contribution in [-0.2, 0) is 14.3 Å². The van der Waals surface area contributed by atoms with Gasteiger partial charge in [-0.1, -0.05) is 51.1 Å². The van der Waals surface area contributed by atoms with Gasteiger partial charge in [0.05, 0.1) is 7.11 Å². The Balaban J connectivity index is 2.87. The Hall–Kier alpha value is -2.17. The first-order chi connectivity index (χ1) is 9.27. The summed E-state index contributed by atoms with van der Waals surface area (Å²) in [6.45, 7) is 5.34. The van der Waals surface area contributed by atoms with Crippen molar-refractivity contribution < 1.29 is 19.1 Å². The zero-order chi connectivity index (χ0) is 15.3. The molecular formula is C15H19NO4. The van der Waals surface area contributed by atoms with Crippen LogP contribution in [0.5, 0.6) is 0 Å². The van der Waals surface area contributed by atoms with E-state index in [1.165, 1.54) is 7.11 Å². The Labute approximate surface area is 118 Å². The fourth-order valence-corrected chi connectivity index (χ4v) is 1.66. The zero-order valence-corrected chi connectivity index (χ0v) is 12.1. The second-order valence-corrected chi connectivity index (χ2v) is 5.49. The molecule has 1 atom stereocenters. The number of esters is 1. The Morgan fingerprint density at radius 3 is 2.10 bits per heavy atom. The molecule has 0 spiro atoms. The van der Waals surface area contributed by atoms with Crippen LogP contribution in [0.1, 0.15) is 31.1 Å². The minimum atomic E-state index is -0.882. The lowest BCUT2D eigenvalue weighted by atomic mass is 9.86. The molecule has 0 aliphatic carbocycles. The van der Waals surface area contributed by atoms with Crippen LogP contribution < -0.4 is 5.32 Å². The van der Waals surface area contributed by atoms with Crippen LogP contribution in [0, 0.1) is 5.41 Å². The number of rotatable bonds is 4. The number of amides is 1. The third kappa shape index (κ3) is 3.91. The number of Topliss-reactive ketones (excluding diaryl/α,β-unsaturated/α-hetero) is 1. The van der Waals surface area contributed by atoms with Crippen LogP contribution in [-0.4, -0.2) is 30.8 Å². The van der Waals surface area contributed by atoms with Crippen LogP contribution in [0.15, 0.2) is 30.3 Å². The van der Waals surface area contributed by atoms with Crippen molar-refractivity contribution in [2.75, 3.05) is 7.11 Å². The van der Waals surface area contributed by atoms with E-state index < -0.39 is 29.1 Å². The Morgan fingerprint density at radius 2 is 1.65 bits per heavy atom. The zero-order valence-electron chi connectivity index (χ0n) is 12.1. The molecule has 0 unspecified atom stereocenters. The maximum absolute atomic E-state index is 12.0. The van der Waals surface area contributed by atoms with Crippen LogP contribution >= 0.6 is 0 Å². The number of hydrogen-bond donors (Lipinski definition) is 1. The van der Waals surface area contributed by atoms with Crippen molar-refractivity contribution in [3.8, 4) is 0 Å². The molecule has 0 aliphatic heterocycles. The third-order valence-electron chi connectivity index (χ3n) is 2.82. The van der Waals surface area contributed by atoms with Gasteiger partial charge in [0, 0.05) is 5.56 Å². The van der Waals surface area contributed by atoms with Gasteiger partial charge in [-0.25, -0.2) is 4.79 Å². The molecule has 0 saturated heterocycles. The van der Waals surface area contributed by atoms with E-state index in [0.29, 0.717) is 0 Å². The van der Waals surface area contributed by atoms with E-state index in [1.54, 1.807) is 51.1 Å². The first-order valence-corrected chi connectivity index (χ1v) is 6.25. The summed E-state index contributed by atoms with van der Waals surface area (Å²) in [6.07, 6.45) is 0. The van der Waals surface area contributed by atoms with Gasteiger partial charge in [0.15, 0.2) is 0 Å². The highest BCUT2D eigenvalue weighted by atomic mass is 16.5. The fraction of sp³-hybridized carbons (Fsp3) is 0.400. The average molecular weight is 277 g/mol. The lowest BCUT2D eigenvalue weighted by molar-refractivity contribution is -0.147. The second-order valence-electron chi connectivity index (χ2n) is 5.49. The van der Waals surface area contributed by atoms with Gasteiger partial charge >= 0.3 is 5.97 Å². The first kappa shape index (κ1) is 15.9. The lowest BCUT2D eigenvalue weighted by Crippen LogP contribution is -2.51. The first-order valence-electron chi connectivity index (χ1n) is 6.25. The Kier molecular flexibility index (Phi) is 5.02. The quantitative estimate of drug-likeness (QED) is 0.515. The summed E-state index contributed by atoms with van der Waals surface area (Å²) in [6, 6.07) is 7.30. The van der Waals surface area contributed by atoms with E-state index in [4.69, 9.17) is 0 Å². The number of benzene rings is 1. The van der Waals surface area contributed by atoms with Gasteiger partial charge in [-0.15, -0.1) is 0 Å². The standard InChI is InChI=1S/C15H19NO4/c1-15(2,3)12(14(19)20-4)16-13(18)11(17)10-8-6-5-7-9-10/h5-9,12H,1-4H3,(H,16,18)/t12-/m1/s1. The van der Waals surface area contributed by atoms with Crippen molar-refractivity contribution >= 4 is 17.7 Å². The molecule has 0 aliphatic rings. The van der Waals surface area contributed by atoms with Crippen molar-refractivity contribution in [1.82, 2.24) is 5.32 Å². The SMILES string of the molecule is COC(=O)[C@@H](NC(=O)C(=O)c1ccccc1)C(C)(C)C. The van der Waals surface area contributed by atoms with Gasteiger partial charge in [-0.2, -0.15) is 0 Å². The smallest absolute Gasteiger partial charge is 0.328 e. The van der Waals surface area contributed by atoms with Crippen LogP contribution in [0.3, 0.4) is 0 Å². The minimum absolute atomic E-state index is 0.280. The van der Waals surface area contributed by atoms with Crippen molar-refractivity contribution in [1.29, 1.82) is 0 Å². The fourth-order valence-electron chi connectivity index (χ4n) is 1.66. The summed E-state index contributed by atoms with van der Waals surface area (Å²) in [4.78, 5) is 35.6. The molecule has 20 heavy (non-hydrogen) atoms. The van der Waals surface area contributed by atoms with Gasteiger partial charge in [-0.3, -0.25) is 9.59 Å². The van der Waals surface area contributed by atoms with Gasteiger partial charge in [0.1, 0.15) is 6.04 Å². The van der Waals surface area contributed by atoms with E-state index in [-0.39, 0.29) is 5.56 Å². The van der Waals surface area contributed by atoms with Crippen LogP contribution in [0.25, 0.3) is 0 Å². The van der Waals surface area contributed by atoms with E-state index in [1.807, 2.05) is 0 Å². The molecule has 0 saturated carbocycles. The Bertz CT molecular complexity index is 502. The molecular weight excluding hydrogens is 258 g/mol. The summed E-state index contributed by atoms with van der Waals surface area (Å²) in [5, 5.41) is 2.44. The molecule has 0 radical (unpaired) electrons. The largest absolute Gasteiger partial charge is 0.467 e. The minimum Gasteiger partial charge on any atom is -0.467 e. The highest BCUT2D eigenvalue weighted by Crippen LogP contribution is 2.20. The van der Waals surface area contributed by atoms with Gasteiger partial charge in [0.2, 0.25) is 5.78 Å². The van der Waals surface area contributed by atoms with E-state index in [9.17, 15) is 14.4 Å². The molecule has 1 aromatic rings.